The predicted octanol–water partition coefficient (Wildman–Crippen LogP) is 5.04. The maximum absolute atomic E-state index is 12.2. The van der Waals surface area contributed by atoms with Crippen molar-refractivity contribution >= 4 is 32.7 Å². The highest BCUT2D eigenvalue weighted by molar-refractivity contribution is 9.10. The number of hydrogen-bond acceptors (Lipinski definition) is 2. The van der Waals surface area contributed by atoms with Gasteiger partial charge in [-0.05, 0) is 37.1 Å². The van der Waals surface area contributed by atoms with Gasteiger partial charge in [0.05, 0.1) is 0 Å². The molecule has 1 aromatic heterocycles. The number of furan rings is 1. The summed E-state index contributed by atoms with van der Waals surface area (Å²) in [5.41, 5.74) is 2.58. The first-order chi connectivity index (χ1) is 8.21. The number of rotatable bonds is 1. The normalized spacial score (nSPS) is 12.1. The molecular weight excluding hydrogens is 292 g/mol. The summed E-state index contributed by atoms with van der Waals surface area (Å²) >= 11 is 3.56. The second kappa shape index (κ2) is 4.23. The van der Waals surface area contributed by atoms with Crippen LogP contribution in [-0.2, 0) is 0 Å². The molecule has 0 spiro atoms. The van der Waals surface area contributed by atoms with Gasteiger partial charge in [-0.15, -0.1) is 0 Å². The van der Waals surface area contributed by atoms with Crippen molar-refractivity contribution in [1.29, 1.82) is 0 Å². The first kappa shape index (κ1) is 13.3. The van der Waals surface area contributed by atoms with Gasteiger partial charge < -0.3 is 4.42 Å². The van der Waals surface area contributed by atoms with Gasteiger partial charge in [0, 0.05) is 15.3 Å². The Kier molecular flexibility index (Phi) is 3.14. The van der Waals surface area contributed by atoms with Crippen molar-refractivity contribution in [2.75, 3.05) is 0 Å². The highest BCUT2D eigenvalue weighted by Crippen LogP contribution is 2.33. The molecule has 0 unspecified atom stereocenters. The van der Waals surface area contributed by atoms with Crippen LogP contribution in [0.1, 0.15) is 42.5 Å². The molecule has 2 nitrogen and oxygen atoms in total. The van der Waals surface area contributed by atoms with Crippen molar-refractivity contribution in [3.8, 4) is 0 Å². The van der Waals surface area contributed by atoms with Gasteiger partial charge in [-0.25, -0.2) is 0 Å². The SMILES string of the molecule is Cc1cc2oc(C(=O)C(C)(C)C)cc2c(C)c1Br. The summed E-state index contributed by atoms with van der Waals surface area (Å²) in [6, 6.07) is 3.81. The third kappa shape index (κ3) is 2.12. The van der Waals surface area contributed by atoms with E-state index in [0.29, 0.717) is 5.76 Å². The van der Waals surface area contributed by atoms with E-state index in [0.717, 1.165) is 26.6 Å². The highest BCUT2D eigenvalue weighted by Gasteiger charge is 2.26. The number of benzene rings is 1. The van der Waals surface area contributed by atoms with E-state index in [1.165, 1.54) is 0 Å². The van der Waals surface area contributed by atoms with Gasteiger partial charge in [0.2, 0.25) is 5.78 Å². The Labute approximate surface area is 115 Å². The van der Waals surface area contributed by atoms with E-state index < -0.39 is 5.41 Å². The van der Waals surface area contributed by atoms with Crippen molar-refractivity contribution in [1.82, 2.24) is 0 Å². The summed E-state index contributed by atoms with van der Waals surface area (Å²) in [5.74, 6) is 0.477. The minimum absolute atomic E-state index is 0.0341. The van der Waals surface area contributed by atoms with Crippen molar-refractivity contribution in [2.24, 2.45) is 5.41 Å². The number of halogens is 1. The average molecular weight is 309 g/mol. The standard InChI is InChI=1S/C15H17BrO2/c1-8-6-11-10(9(2)13(8)16)7-12(18-11)14(17)15(3,4)5/h6-7H,1-5H3. The van der Waals surface area contributed by atoms with Crippen LogP contribution in [0.4, 0.5) is 0 Å². The van der Waals surface area contributed by atoms with E-state index in [2.05, 4.69) is 15.9 Å². The lowest BCUT2D eigenvalue weighted by Gasteiger charge is -2.13. The lowest BCUT2D eigenvalue weighted by molar-refractivity contribution is 0.0831. The molecule has 0 saturated heterocycles. The van der Waals surface area contributed by atoms with Crippen LogP contribution in [0.15, 0.2) is 21.0 Å². The zero-order valence-electron chi connectivity index (χ0n) is 11.3. The molecule has 96 valence electrons. The van der Waals surface area contributed by atoms with E-state index in [1.54, 1.807) is 0 Å². The first-order valence-corrected chi connectivity index (χ1v) is 6.75. The lowest BCUT2D eigenvalue weighted by atomic mass is 9.89. The number of fused-ring (bicyclic) bond motifs is 1. The van der Waals surface area contributed by atoms with Gasteiger partial charge in [-0.2, -0.15) is 0 Å². The van der Waals surface area contributed by atoms with Crippen LogP contribution in [0.2, 0.25) is 0 Å². The molecule has 0 saturated carbocycles. The number of ketones is 1. The topological polar surface area (TPSA) is 30.2 Å². The zero-order chi connectivity index (χ0) is 13.7. The summed E-state index contributed by atoms with van der Waals surface area (Å²) in [4.78, 5) is 12.2. The average Bonchev–Trinajstić information content (AvgIpc) is 2.67. The molecule has 0 radical (unpaired) electrons. The maximum Gasteiger partial charge on any atom is 0.203 e. The quantitative estimate of drug-likeness (QED) is 0.691. The van der Waals surface area contributed by atoms with Crippen LogP contribution in [-0.4, -0.2) is 5.78 Å². The molecular formula is C15H17BrO2. The van der Waals surface area contributed by atoms with Gasteiger partial charge in [-0.1, -0.05) is 36.7 Å². The monoisotopic (exact) mass is 308 g/mol. The van der Waals surface area contributed by atoms with Crippen molar-refractivity contribution in [3.63, 3.8) is 0 Å². The molecule has 0 aliphatic heterocycles. The van der Waals surface area contributed by atoms with Crippen LogP contribution in [0.5, 0.6) is 0 Å². The maximum atomic E-state index is 12.2. The minimum atomic E-state index is -0.423. The molecule has 0 aliphatic rings. The molecule has 2 aromatic rings. The smallest absolute Gasteiger partial charge is 0.203 e. The fourth-order valence-electron chi connectivity index (χ4n) is 1.96. The van der Waals surface area contributed by atoms with Gasteiger partial charge in [0.15, 0.2) is 5.76 Å². The van der Waals surface area contributed by atoms with Crippen LogP contribution in [0, 0.1) is 19.3 Å². The fraction of sp³-hybridized carbons (Fsp3) is 0.400. The van der Waals surface area contributed by atoms with Gasteiger partial charge >= 0.3 is 0 Å². The van der Waals surface area contributed by atoms with Gasteiger partial charge in [0.1, 0.15) is 5.58 Å². The Balaban J connectivity index is 2.65. The van der Waals surface area contributed by atoms with Crippen molar-refractivity contribution < 1.29 is 9.21 Å². The highest BCUT2D eigenvalue weighted by atomic mass is 79.9. The number of carbonyl (C=O) groups is 1. The molecule has 0 atom stereocenters. The summed E-state index contributed by atoms with van der Waals surface area (Å²) in [6.45, 7) is 9.74. The van der Waals surface area contributed by atoms with E-state index in [-0.39, 0.29) is 5.78 Å². The summed E-state index contributed by atoms with van der Waals surface area (Å²) < 4.78 is 6.78. The molecule has 1 heterocycles. The van der Waals surface area contributed by atoms with Crippen LogP contribution < -0.4 is 0 Å². The summed E-state index contributed by atoms with van der Waals surface area (Å²) in [6.07, 6.45) is 0. The Morgan fingerprint density at radius 2 is 1.83 bits per heavy atom. The zero-order valence-corrected chi connectivity index (χ0v) is 12.9. The molecule has 3 heteroatoms. The summed E-state index contributed by atoms with van der Waals surface area (Å²) in [5, 5.41) is 1.00. The Morgan fingerprint density at radius 3 is 2.39 bits per heavy atom. The third-order valence-corrected chi connectivity index (χ3v) is 4.31. The molecule has 18 heavy (non-hydrogen) atoms. The van der Waals surface area contributed by atoms with E-state index in [1.807, 2.05) is 46.8 Å². The predicted molar refractivity (Wildman–Crippen MR) is 77.2 cm³/mol. The van der Waals surface area contributed by atoms with Crippen molar-refractivity contribution in [2.45, 2.75) is 34.6 Å². The molecule has 0 bridgehead atoms. The number of carbonyl (C=O) groups excluding carboxylic acids is 1. The fourth-order valence-corrected chi connectivity index (χ4v) is 2.29. The van der Waals surface area contributed by atoms with Gasteiger partial charge in [-0.3, -0.25) is 4.79 Å². The molecule has 0 amide bonds. The van der Waals surface area contributed by atoms with E-state index >= 15 is 0 Å². The van der Waals surface area contributed by atoms with E-state index in [9.17, 15) is 4.79 Å². The van der Waals surface area contributed by atoms with Crippen LogP contribution in [0.3, 0.4) is 0 Å². The molecule has 1 aromatic carbocycles. The second-order valence-corrected chi connectivity index (χ2v) is 6.53. The Hall–Kier alpha value is -1.09. The van der Waals surface area contributed by atoms with Crippen LogP contribution in [0.25, 0.3) is 11.0 Å². The molecule has 0 fully saturated rings. The first-order valence-electron chi connectivity index (χ1n) is 5.96. The Morgan fingerprint density at radius 1 is 1.22 bits per heavy atom. The Bertz CT molecular complexity index is 630. The largest absolute Gasteiger partial charge is 0.453 e. The number of Topliss-reactive ketones (excluding diaryl/α,β-unsaturated/α-hetero) is 1. The van der Waals surface area contributed by atoms with Gasteiger partial charge in [0.25, 0.3) is 0 Å². The minimum Gasteiger partial charge on any atom is -0.453 e. The number of hydrogen-bond donors (Lipinski definition) is 0. The third-order valence-electron chi connectivity index (χ3n) is 3.09. The second-order valence-electron chi connectivity index (χ2n) is 5.73. The number of aryl methyl sites for hydroxylation is 2. The molecule has 0 N–H and O–H groups in total. The van der Waals surface area contributed by atoms with E-state index in [4.69, 9.17) is 4.42 Å². The lowest BCUT2D eigenvalue weighted by Crippen LogP contribution is -2.19. The van der Waals surface area contributed by atoms with Crippen molar-refractivity contribution in [3.05, 3.63) is 33.5 Å². The molecule has 2 rings (SSSR count). The molecule has 0 aliphatic carbocycles. The van der Waals surface area contributed by atoms with Crippen LogP contribution >= 0.6 is 15.9 Å². The summed E-state index contributed by atoms with van der Waals surface area (Å²) in [7, 11) is 0.